The fourth-order valence-corrected chi connectivity index (χ4v) is 4.51. The topological polar surface area (TPSA) is 78.8 Å². The molecule has 0 saturated carbocycles. The molecule has 0 atom stereocenters. The Morgan fingerprint density at radius 2 is 1.88 bits per heavy atom. The molecule has 0 spiro atoms. The number of fused-ring (bicyclic) bond motifs is 3. The molecule has 5 aromatic rings. The van der Waals surface area contributed by atoms with Crippen LogP contribution in [0.3, 0.4) is 0 Å². The van der Waals surface area contributed by atoms with E-state index in [2.05, 4.69) is 48.4 Å². The highest BCUT2D eigenvalue weighted by atomic mass is 35.5. The van der Waals surface area contributed by atoms with Gasteiger partial charge in [0.2, 0.25) is 0 Å². The van der Waals surface area contributed by atoms with E-state index in [1.807, 2.05) is 30.6 Å². The van der Waals surface area contributed by atoms with Crippen LogP contribution < -0.4 is 5.32 Å². The minimum Gasteiger partial charge on any atom is -0.366 e. The maximum Gasteiger partial charge on any atom is 0.138 e. The lowest BCUT2D eigenvalue weighted by Gasteiger charge is -2.10. The van der Waals surface area contributed by atoms with Crippen molar-refractivity contribution < 1.29 is 0 Å². The number of nitrogens with one attached hydrogen (secondary N) is 2. The Morgan fingerprint density at radius 3 is 2.82 bits per heavy atom. The molecule has 1 aromatic carbocycles. The molecule has 4 aromatic heterocycles. The lowest BCUT2D eigenvalue weighted by atomic mass is 10.0. The van der Waals surface area contributed by atoms with Crippen LogP contribution in [0.5, 0.6) is 0 Å². The molecule has 6 rings (SSSR count). The van der Waals surface area contributed by atoms with Crippen molar-refractivity contribution in [1.29, 1.82) is 0 Å². The minimum absolute atomic E-state index is 0.610. The summed E-state index contributed by atoms with van der Waals surface area (Å²) in [6.45, 7) is 1.24. The summed E-state index contributed by atoms with van der Waals surface area (Å²) in [5.41, 5.74) is 7.12. The normalized spacial score (nSPS) is 12.8. The number of pyridine rings is 3. The fourth-order valence-electron chi connectivity index (χ4n) is 4.14. The Hall–Kier alpha value is -3.48. The van der Waals surface area contributed by atoms with Crippen molar-refractivity contribution in [2.75, 3.05) is 0 Å². The lowest BCUT2D eigenvalue weighted by Crippen LogP contribution is -2.23. The molecule has 6 nitrogen and oxygen atoms in total. The lowest BCUT2D eigenvalue weighted by molar-refractivity contribution is 0.906. The van der Waals surface area contributed by atoms with E-state index in [-0.39, 0.29) is 0 Å². The zero-order valence-corrected chi connectivity index (χ0v) is 19.0. The van der Waals surface area contributed by atoms with Crippen LogP contribution in [0.2, 0.25) is 10.0 Å². The molecular formula is C25H18Cl2N6. The molecule has 2 N–H and O–H groups in total. The van der Waals surface area contributed by atoms with Crippen LogP contribution in [0, 0.1) is 0 Å². The summed E-state index contributed by atoms with van der Waals surface area (Å²) in [4.78, 5) is 21.2. The summed E-state index contributed by atoms with van der Waals surface area (Å²) >= 11 is 12.3. The highest BCUT2D eigenvalue weighted by molar-refractivity contribution is 6.35. The standard InChI is InChI=1S/C25H18Cl2N6/c26-18-6-16-3-14(1-2-23(16)29-12-18)4-19-7-20-17(10-28-19)11-32-24(20)30-8-15-5-21-22(27)13-33-25(21)31-9-15/h1-3,5-7,9-10,12-13H,4,8,11H2,(H,30,32)(H,31,33). The maximum absolute atomic E-state index is 6.23. The molecule has 8 heteroatoms. The number of hydrogen-bond donors (Lipinski definition) is 2. The van der Waals surface area contributed by atoms with Gasteiger partial charge in [-0.3, -0.25) is 15.0 Å². The first-order chi connectivity index (χ1) is 16.1. The third-order valence-corrected chi connectivity index (χ3v) is 6.32. The van der Waals surface area contributed by atoms with E-state index in [9.17, 15) is 0 Å². The first-order valence-electron chi connectivity index (χ1n) is 10.5. The molecule has 33 heavy (non-hydrogen) atoms. The highest BCUT2D eigenvalue weighted by Gasteiger charge is 2.17. The van der Waals surface area contributed by atoms with E-state index in [1.54, 1.807) is 12.4 Å². The summed E-state index contributed by atoms with van der Waals surface area (Å²) in [7, 11) is 0. The smallest absolute Gasteiger partial charge is 0.138 e. The number of aromatic nitrogens is 4. The summed E-state index contributed by atoms with van der Waals surface area (Å²) < 4.78 is 0. The third kappa shape index (κ3) is 3.92. The van der Waals surface area contributed by atoms with Crippen molar-refractivity contribution >= 4 is 51.0 Å². The molecule has 1 aliphatic heterocycles. The van der Waals surface area contributed by atoms with E-state index in [1.165, 1.54) is 0 Å². The zero-order chi connectivity index (χ0) is 22.4. The SMILES string of the molecule is Clc1cnc2ccc(Cc3cc4c(cn3)CN=C4NCc3cnc4[nH]cc(Cl)c4c3)cc2c1. The van der Waals surface area contributed by atoms with Crippen molar-refractivity contribution in [3.63, 3.8) is 0 Å². The number of amidine groups is 1. The fraction of sp³-hybridized carbons (Fsp3) is 0.120. The van der Waals surface area contributed by atoms with E-state index in [0.29, 0.717) is 23.1 Å². The molecule has 0 amide bonds. The summed E-state index contributed by atoms with van der Waals surface area (Å²) in [6.07, 6.45) is 7.91. The molecule has 162 valence electrons. The Labute approximate surface area is 199 Å². The largest absolute Gasteiger partial charge is 0.366 e. The van der Waals surface area contributed by atoms with E-state index in [0.717, 1.165) is 62.1 Å². The number of aromatic amines is 1. The molecule has 1 aliphatic rings. The minimum atomic E-state index is 0.610. The predicted octanol–water partition coefficient (Wildman–Crippen LogP) is 5.45. The van der Waals surface area contributed by atoms with Crippen LogP contribution in [0.4, 0.5) is 0 Å². The van der Waals surface area contributed by atoms with Gasteiger partial charge >= 0.3 is 0 Å². The predicted molar refractivity (Wildman–Crippen MR) is 132 cm³/mol. The van der Waals surface area contributed by atoms with E-state index < -0.39 is 0 Å². The van der Waals surface area contributed by atoms with Crippen molar-refractivity contribution in [1.82, 2.24) is 25.3 Å². The van der Waals surface area contributed by atoms with Crippen LogP contribution in [0.25, 0.3) is 21.9 Å². The van der Waals surface area contributed by atoms with E-state index in [4.69, 9.17) is 23.2 Å². The van der Waals surface area contributed by atoms with Crippen molar-refractivity contribution in [2.45, 2.75) is 19.5 Å². The van der Waals surface area contributed by atoms with Crippen molar-refractivity contribution in [2.24, 2.45) is 4.99 Å². The van der Waals surface area contributed by atoms with Gasteiger partial charge in [0.1, 0.15) is 11.5 Å². The van der Waals surface area contributed by atoms with E-state index >= 15 is 0 Å². The van der Waals surface area contributed by atoms with Gasteiger partial charge in [0.05, 0.1) is 22.1 Å². The number of H-pyrrole nitrogens is 1. The first-order valence-corrected chi connectivity index (χ1v) is 11.3. The Bertz CT molecular complexity index is 1560. The maximum atomic E-state index is 6.23. The molecule has 0 fully saturated rings. The van der Waals surface area contributed by atoms with Crippen LogP contribution in [-0.4, -0.2) is 25.8 Å². The quantitative estimate of drug-likeness (QED) is 0.364. The van der Waals surface area contributed by atoms with Crippen molar-refractivity contribution in [3.05, 3.63) is 99.2 Å². The van der Waals surface area contributed by atoms with Gasteiger partial charge in [-0.1, -0.05) is 29.3 Å². The van der Waals surface area contributed by atoms with Gasteiger partial charge in [-0.2, -0.15) is 0 Å². The van der Waals surface area contributed by atoms with Gasteiger partial charge in [-0.25, -0.2) is 4.98 Å². The number of rotatable bonds is 4. The Morgan fingerprint density at radius 1 is 0.939 bits per heavy atom. The summed E-state index contributed by atoms with van der Waals surface area (Å²) in [6, 6.07) is 12.3. The second kappa shape index (κ2) is 8.14. The van der Waals surface area contributed by atoms with Crippen LogP contribution in [0.15, 0.2) is 66.2 Å². The van der Waals surface area contributed by atoms with Gasteiger partial charge in [-0.15, -0.1) is 0 Å². The van der Waals surface area contributed by atoms with Gasteiger partial charge in [-0.05, 0) is 41.5 Å². The van der Waals surface area contributed by atoms with Crippen LogP contribution in [-0.2, 0) is 19.5 Å². The van der Waals surface area contributed by atoms with Gasteiger partial charge in [0.25, 0.3) is 0 Å². The highest BCUT2D eigenvalue weighted by Crippen LogP contribution is 2.24. The number of hydrogen-bond acceptors (Lipinski definition) is 5. The second-order valence-corrected chi connectivity index (χ2v) is 8.93. The third-order valence-electron chi connectivity index (χ3n) is 5.80. The number of benzene rings is 1. The molecular weight excluding hydrogens is 455 g/mol. The Balaban J connectivity index is 1.21. The molecule has 5 heterocycles. The average Bonchev–Trinajstić information content (AvgIpc) is 3.40. The molecule has 0 bridgehead atoms. The van der Waals surface area contributed by atoms with Gasteiger partial charge in [0, 0.05) is 65.3 Å². The zero-order valence-electron chi connectivity index (χ0n) is 17.4. The molecule has 0 saturated heterocycles. The van der Waals surface area contributed by atoms with Gasteiger partial charge in [0.15, 0.2) is 0 Å². The molecule has 0 aliphatic carbocycles. The first kappa shape index (κ1) is 20.1. The monoisotopic (exact) mass is 472 g/mol. The molecule has 0 radical (unpaired) electrons. The Kier molecular flexibility index (Phi) is 4.97. The second-order valence-electron chi connectivity index (χ2n) is 8.08. The summed E-state index contributed by atoms with van der Waals surface area (Å²) in [5.74, 6) is 0.878. The van der Waals surface area contributed by atoms with Crippen molar-refractivity contribution in [3.8, 4) is 0 Å². The van der Waals surface area contributed by atoms with Crippen LogP contribution in [0.1, 0.15) is 27.9 Å². The summed E-state index contributed by atoms with van der Waals surface area (Å²) in [5, 5.41) is 6.71. The van der Waals surface area contributed by atoms with Crippen LogP contribution >= 0.6 is 23.2 Å². The average molecular weight is 473 g/mol. The number of aliphatic imine (C=N–C) groups is 1. The number of nitrogens with zero attached hydrogens (tertiary/aromatic N) is 4. The molecule has 0 unspecified atom stereocenters. The number of halogens is 2. The van der Waals surface area contributed by atoms with Gasteiger partial charge < -0.3 is 10.3 Å².